The van der Waals surface area contributed by atoms with Crippen molar-refractivity contribution >= 4 is 11.4 Å². The van der Waals surface area contributed by atoms with Crippen molar-refractivity contribution in [2.45, 2.75) is 40.5 Å². The van der Waals surface area contributed by atoms with Gasteiger partial charge in [0.15, 0.2) is 0 Å². The maximum atomic E-state index is 9.26. The Balaban J connectivity index is 2.04. The monoisotopic (exact) mass is 341 g/mol. The Morgan fingerprint density at radius 2 is 2.00 bits per heavy atom. The van der Waals surface area contributed by atoms with Crippen LogP contribution in [0.1, 0.15) is 39.2 Å². The summed E-state index contributed by atoms with van der Waals surface area (Å²) >= 11 is 0. The van der Waals surface area contributed by atoms with Gasteiger partial charge < -0.3 is 10.0 Å². The zero-order valence-electron chi connectivity index (χ0n) is 15.9. The minimum Gasteiger partial charge on any atom is -0.396 e. The van der Waals surface area contributed by atoms with Crippen LogP contribution in [0.3, 0.4) is 0 Å². The zero-order valence-corrected chi connectivity index (χ0v) is 15.9. The maximum absolute atomic E-state index is 9.26. The lowest BCUT2D eigenvalue weighted by molar-refractivity contribution is 0.0129. The molecule has 1 heterocycles. The van der Waals surface area contributed by atoms with Crippen LogP contribution in [-0.4, -0.2) is 35.4 Å². The van der Waals surface area contributed by atoms with Crippen LogP contribution in [0.15, 0.2) is 53.3 Å². The highest BCUT2D eigenvalue weighted by Crippen LogP contribution is 2.37. The predicted molar refractivity (Wildman–Crippen MR) is 107 cm³/mol. The van der Waals surface area contributed by atoms with Gasteiger partial charge >= 0.3 is 0 Å². The number of hydrogen-bond acceptors (Lipinski definition) is 4. The van der Waals surface area contributed by atoms with Crippen LogP contribution in [0.25, 0.3) is 0 Å². The molecule has 4 nitrogen and oxygen atoms in total. The SMILES string of the molecule is C\C=C/C(=C\N1CC(CC)(CCO)C1)C(/C)=N/Nc1ccc(C)cc1. The first-order valence-corrected chi connectivity index (χ1v) is 9.08. The van der Waals surface area contributed by atoms with Gasteiger partial charge in [-0.15, -0.1) is 0 Å². The third-order valence-corrected chi connectivity index (χ3v) is 4.96. The number of aliphatic hydroxyl groups excluding tert-OH is 1. The van der Waals surface area contributed by atoms with Crippen molar-refractivity contribution in [3.05, 3.63) is 53.8 Å². The molecule has 0 aliphatic carbocycles. The smallest absolute Gasteiger partial charge is 0.0662 e. The number of allylic oxidation sites excluding steroid dienone is 3. The zero-order chi connectivity index (χ0) is 18.3. The molecule has 1 aliphatic rings. The number of nitrogens with zero attached hydrogens (tertiary/aromatic N) is 2. The third kappa shape index (κ3) is 5.20. The summed E-state index contributed by atoms with van der Waals surface area (Å²) in [7, 11) is 0. The van der Waals surface area contributed by atoms with Gasteiger partial charge in [-0.1, -0.05) is 36.8 Å². The first-order valence-electron chi connectivity index (χ1n) is 9.08. The van der Waals surface area contributed by atoms with Crippen molar-refractivity contribution in [1.82, 2.24) is 4.90 Å². The number of benzene rings is 1. The second-order valence-electron chi connectivity index (χ2n) is 6.99. The molecule has 0 spiro atoms. The van der Waals surface area contributed by atoms with Gasteiger partial charge in [0, 0.05) is 36.9 Å². The minimum atomic E-state index is 0.272. The van der Waals surface area contributed by atoms with E-state index in [4.69, 9.17) is 0 Å². The normalized spacial score (nSPS) is 17.7. The van der Waals surface area contributed by atoms with E-state index in [1.165, 1.54) is 5.56 Å². The Kier molecular flexibility index (Phi) is 6.82. The molecule has 1 aromatic carbocycles. The van der Waals surface area contributed by atoms with Crippen LogP contribution in [0.2, 0.25) is 0 Å². The number of aliphatic hydroxyl groups is 1. The average Bonchev–Trinajstić information content (AvgIpc) is 2.58. The highest BCUT2D eigenvalue weighted by molar-refractivity contribution is 6.01. The first-order chi connectivity index (χ1) is 12.0. The molecule has 0 amide bonds. The molecule has 4 heteroatoms. The van der Waals surface area contributed by atoms with E-state index in [1.807, 2.05) is 32.1 Å². The molecule has 1 aliphatic heterocycles. The van der Waals surface area contributed by atoms with E-state index >= 15 is 0 Å². The number of likely N-dealkylation sites (tertiary alicyclic amines) is 1. The molecular formula is C21H31N3O. The molecular weight excluding hydrogens is 310 g/mol. The van der Waals surface area contributed by atoms with Crippen LogP contribution in [0.5, 0.6) is 0 Å². The summed E-state index contributed by atoms with van der Waals surface area (Å²) in [6.45, 7) is 10.6. The second-order valence-corrected chi connectivity index (χ2v) is 6.99. The van der Waals surface area contributed by atoms with Gasteiger partial charge in [-0.05, 0) is 45.7 Å². The molecule has 136 valence electrons. The van der Waals surface area contributed by atoms with Crippen LogP contribution in [-0.2, 0) is 0 Å². The molecule has 0 saturated carbocycles. The number of hydrazone groups is 1. The van der Waals surface area contributed by atoms with Crippen LogP contribution in [0, 0.1) is 12.3 Å². The van der Waals surface area contributed by atoms with Crippen molar-refractivity contribution in [2.24, 2.45) is 10.5 Å². The number of rotatable bonds is 8. The largest absolute Gasteiger partial charge is 0.396 e. The first kappa shape index (κ1) is 19.3. The lowest BCUT2D eigenvalue weighted by Crippen LogP contribution is -2.53. The Hall–Kier alpha value is -2.07. The summed E-state index contributed by atoms with van der Waals surface area (Å²) in [6, 6.07) is 8.21. The number of aryl methyl sites for hydroxylation is 1. The van der Waals surface area contributed by atoms with Crippen LogP contribution in [0.4, 0.5) is 5.69 Å². The lowest BCUT2D eigenvalue weighted by Gasteiger charge is -2.50. The topological polar surface area (TPSA) is 47.9 Å². The van der Waals surface area contributed by atoms with Gasteiger partial charge in [0.05, 0.1) is 11.4 Å². The van der Waals surface area contributed by atoms with Gasteiger partial charge in [-0.2, -0.15) is 5.10 Å². The fraction of sp³-hybridized carbons (Fsp3) is 0.476. The average molecular weight is 341 g/mol. The summed E-state index contributed by atoms with van der Waals surface area (Å²) in [5.41, 5.74) is 7.69. The second kappa shape index (κ2) is 8.86. The molecule has 2 rings (SSSR count). The molecule has 25 heavy (non-hydrogen) atoms. The molecule has 1 fully saturated rings. The highest BCUT2D eigenvalue weighted by Gasteiger charge is 2.39. The minimum absolute atomic E-state index is 0.272. The number of hydrogen-bond donors (Lipinski definition) is 2. The van der Waals surface area contributed by atoms with E-state index in [1.54, 1.807) is 0 Å². The number of anilines is 1. The van der Waals surface area contributed by atoms with Crippen molar-refractivity contribution in [2.75, 3.05) is 25.1 Å². The van der Waals surface area contributed by atoms with E-state index < -0.39 is 0 Å². The summed E-state index contributed by atoms with van der Waals surface area (Å²) in [6.07, 6.45) is 8.31. The summed E-state index contributed by atoms with van der Waals surface area (Å²) in [5.74, 6) is 0. The van der Waals surface area contributed by atoms with Gasteiger partial charge in [0.2, 0.25) is 0 Å². The molecule has 0 aromatic heterocycles. The fourth-order valence-electron chi connectivity index (χ4n) is 3.18. The van der Waals surface area contributed by atoms with E-state index in [0.29, 0.717) is 0 Å². The van der Waals surface area contributed by atoms with E-state index in [9.17, 15) is 5.11 Å². The number of nitrogens with one attached hydrogen (secondary N) is 1. The summed E-state index contributed by atoms with van der Waals surface area (Å²) in [4.78, 5) is 2.32. The molecule has 1 saturated heterocycles. The fourth-order valence-corrected chi connectivity index (χ4v) is 3.18. The molecule has 0 radical (unpaired) electrons. The molecule has 1 aromatic rings. The van der Waals surface area contributed by atoms with Crippen LogP contribution >= 0.6 is 0 Å². The Labute approximate surface area is 151 Å². The van der Waals surface area contributed by atoms with E-state index in [0.717, 1.165) is 42.9 Å². The van der Waals surface area contributed by atoms with Crippen molar-refractivity contribution < 1.29 is 5.11 Å². The highest BCUT2D eigenvalue weighted by atomic mass is 16.3. The van der Waals surface area contributed by atoms with Gasteiger partial charge in [0.1, 0.15) is 0 Å². The van der Waals surface area contributed by atoms with Gasteiger partial charge in [0.25, 0.3) is 0 Å². The van der Waals surface area contributed by atoms with Crippen molar-refractivity contribution in [1.29, 1.82) is 0 Å². The quantitative estimate of drug-likeness (QED) is 0.420. The third-order valence-electron chi connectivity index (χ3n) is 4.96. The summed E-state index contributed by atoms with van der Waals surface area (Å²) in [5, 5.41) is 13.8. The molecule has 0 atom stereocenters. The predicted octanol–water partition coefficient (Wildman–Crippen LogP) is 4.34. The summed E-state index contributed by atoms with van der Waals surface area (Å²) < 4.78 is 0. The van der Waals surface area contributed by atoms with Crippen molar-refractivity contribution in [3.63, 3.8) is 0 Å². The van der Waals surface area contributed by atoms with E-state index in [-0.39, 0.29) is 12.0 Å². The van der Waals surface area contributed by atoms with Gasteiger partial charge in [-0.3, -0.25) is 5.43 Å². The maximum Gasteiger partial charge on any atom is 0.0662 e. The molecule has 2 N–H and O–H groups in total. The Bertz CT molecular complexity index is 638. The van der Waals surface area contributed by atoms with E-state index in [2.05, 4.69) is 53.7 Å². The lowest BCUT2D eigenvalue weighted by atomic mass is 9.75. The van der Waals surface area contributed by atoms with Crippen molar-refractivity contribution in [3.8, 4) is 0 Å². The van der Waals surface area contributed by atoms with Crippen LogP contribution < -0.4 is 5.43 Å². The Morgan fingerprint density at radius 1 is 1.32 bits per heavy atom. The molecule has 0 unspecified atom stereocenters. The van der Waals surface area contributed by atoms with Gasteiger partial charge in [-0.25, -0.2) is 0 Å². The molecule has 0 bridgehead atoms. The standard InChI is InChI=1S/C21H31N3O/c1-5-7-19(14-24-15-21(6-2,16-24)12-13-25)18(4)22-23-20-10-8-17(3)9-11-20/h5,7-11,14,23,25H,6,12-13,15-16H2,1-4H3/b7-5-,19-14+,22-18+. The Morgan fingerprint density at radius 3 is 2.56 bits per heavy atom.